The lowest BCUT2D eigenvalue weighted by atomic mass is 10.0. The van der Waals surface area contributed by atoms with Gasteiger partial charge in [-0.15, -0.1) is 0 Å². The van der Waals surface area contributed by atoms with E-state index in [0.717, 1.165) is 5.56 Å². The number of pyridine rings is 1. The standard InChI is InChI=1S/C18H20F2N4O2S/c1-11(2)15(17-23-16(24-26-17)12-5-7-21-8-6-12)22-9-13-3-4-14(25-13)10-27-18(19)20/h3-8,11,15,18,22H,9-10H2,1-2H3. The van der Waals surface area contributed by atoms with Gasteiger partial charge in [0.1, 0.15) is 11.5 Å². The van der Waals surface area contributed by atoms with Crippen LogP contribution in [0.15, 0.2) is 45.6 Å². The molecule has 1 atom stereocenters. The first-order valence-electron chi connectivity index (χ1n) is 8.47. The maximum Gasteiger partial charge on any atom is 0.284 e. The Hall–Kier alpha value is -2.26. The monoisotopic (exact) mass is 394 g/mol. The number of nitrogens with one attached hydrogen (secondary N) is 1. The van der Waals surface area contributed by atoms with Crippen LogP contribution >= 0.6 is 11.8 Å². The molecule has 0 spiro atoms. The summed E-state index contributed by atoms with van der Waals surface area (Å²) in [5.74, 6) is 0.106. The second kappa shape index (κ2) is 9.09. The summed E-state index contributed by atoms with van der Waals surface area (Å²) in [6.45, 7) is 4.51. The lowest BCUT2D eigenvalue weighted by Crippen LogP contribution is -2.25. The molecule has 0 aliphatic heterocycles. The van der Waals surface area contributed by atoms with Crippen molar-refractivity contribution in [2.45, 2.75) is 37.9 Å². The van der Waals surface area contributed by atoms with Crippen LogP contribution in [-0.4, -0.2) is 20.9 Å². The van der Waals surface area contributed by atoms with Crippen molar-refractivity contribution >= 4 is 11.8 Å². The molecule has 0 aromatic carbocycles. The first-order valence-corrected chi connectivity index (χ1v) is 9.52. The van der Waals surface area contributed by atoms with Gasteiger partial charge in [0, 0.05) is 18.0 Å². The molecule has 3 heterocycles. The summed E-state index contributed by atoms with van der Waals surface area (Å²) in [6, 6.07) is 6.95. The molecule has 0 saturated carbocycles. The van der Waals surface area contributed by atoms with E-state index in [9.17, 15) is 8.78 Å². The summed E-state index contributed by atoms with van der Waals surface area (Å²) in [5.41, 5.74) is 0.828. The maximum absolute atomic E-state index is 12.3. The van der Waals surface area contributed by atoms with Crippen molar-refractivity contribution in [2.75, 3.05) is 0 Å². The minimum absolute atomic E-state index is 0.143. The molecule has 9 heteroatoms. The van der Waals surface area contributed by atoms with Crippen molar-refractivity contribution in [2.24, 2.45) is 5.92 Å². The Bertz CT molecular complexity index is 839. The van der Waals surface area contributed by atoms with Gasteiger partial charge in [0.15, 0.2) is 0 Å². The fourth-order valence-electron chi connectivity index (χ4n) is 2.54. The lowest BCUT2D eigenvalue weighted by molar-refractivity contribution is 0.251. The van der Waals surface area contributed by atoms with E-state index in [1.165, 1.54) is 0 Å². The average molecular weight is 394 g/mol. The minimum Gasteiger partial charge on any atom is -0.464 e. The van der Waals surface area contributed by atoms with Gasteiger partial charge in [-0.1, -0.05) is 30.8 Å². The summed E-state index contributed by atoms with van der Waals surface area (Å²) in [7, 11) is 0. The van der Waals surface area contributed by atoms with Crippen molar-refractivity contribution in [1.29, 1.82) is 0 Å². The number of hydrogen-bond acceptors (Lipinski definition) is 7. The SMILES string of the molecule is CC(C)C(NCc1ccc(CSC(F)F)o1)c1nc(-c2ccncc2)no1. The zero-order chi connectivity index (χ0) is 19.2. The molecular weight excluding hydrogens is 374 g/mol. The molecule has 1 N–H and O–H groups in total. The predicted octanol–water partition coefficient (Wildman–Crippen LogP) is 4.67. The van der Waals surface area contributed by atoms with Crippen LogP contribution in [0.2, 0.25) is 0 Å². The molecule has 0 amide bonds. The third-order valence-corrected chi connectivity index (χ3v) is 4.58. The number of thioether (sulfide) groups is 1. The molecule has 6 nitrogen and oxygen atoms in total. The van der Waals surface area contributed by atoms with Crippen LogP contribution in [0, 0.1) is 5.92 Å². The zero-order valence-electron chi connectivity index (χ0n) is 14.9. The van der Waals surface area contributed by atoms with Gasteiger partial charge in [0.05, 0.1) is 18.3 Å². The summed E-state index contributed by atoms with van der Waals surface area (Å²) >= 11 is 0.539. The van der Waals surface area contributed by atoms with E-state index in [-0.39, 0.29) is 17.7 Å². The second-order valence-electron chi connectivity index (χ2n) is 6.23. The van der Waals surface area contributed by atoms with Gasteiger partial charge in [0.25, 0.3) is 5.76 Å². The van der Waals surface area contributed by atoms with Gasteiger partial charge in [-0.3, -0.25) is 10.3 Å². The Morgan fingerprint density at radius 1 is 1.11 bits per heavy atom. The molecule has 0 radical (unpaired) electrons. The van der Waals surface area contributed by atoms with E-state index in [0.29, 0.717) is 41.5 Å². The highest BCUT2D eigenvalue weighted by atomic mass is 32.2. The molecule has 144 valence electrons. The molecule has 0 fully saturated rings. The number of nitrogens with zero attached hydrogens (tertiary/aromatic N) is 3. The van der Waals surface area contributed by atoms with Crippen molar-refractivity contribution < 1.29 is 17.7 Å². The molecule has 0 aliphatic rings. The quantitative estimate of drug-likeness (QED) is 0.565. The molecular formula is C18H20F2N4O2S. The van der Waals surface area contributed by atoms with Crippen LogP contribution in [0.1, 0.15) is 37.3 Å². The normalized spacial score (nSPS) is 12.8. The van der Waals surface area contributed by atoms with E-state index < -0.39 is 5.76 Å². The molecule has 0 saturated heterocycles. The fraction of sp³-hybridized carbons (Fsp3) is 0.389. The largest absolute Gasteiger partial charge is 0.464 e. The second-order valence-corrected chi connectivity index (χ2v) is 7.21. The first-order chi connectivity index (χ1) is 13.0. The lowest BCUT2D eigenvalue weighted by Gasteiger charge is -2.17. The predicted molar refractivity (Wildman–Crippen MR) is 98.0 cm³/mol. The Morgan fingerprint density at radius 3 is 2.56 bits per heavy atom. The van der Waals surface area contributed by atoms with Crippen molar-refractivity contribution in [3.8, 4) is 11.4 Å². The zero-order valence-corrected chi connectivity index (χ0v) is 15.7. The maximum atomic E-state index is 12.3. The first kappa shape index (κ1) is 19.5. The van der Waals surface area contributed by atoms with E-state index in [1.54, 1.807) is 24.5 Å². The van der Waals surface area contributed by atoms with Gasteiger partial charge >= 0.3 is 0 Å². The van der Waals surface area contributed by atoms with E-state index in [1.807, 2.05) is 26.0 Å². The van der Waals surface area contributed by atoms with E-state index in [4.69, 9.17) is 8.94 Å². The summed E-state index contributed by atoms with van der Waals surface area (Å²) in [6.07, 6.45) is 3.34. The number of alkyl halides is 2. The topological polar surface area (TPSA) is 77.0 Å². The van der Waals surface area contributed by atoms with Crippen LogP contribution in [-0.2, 0) is 12.3 Å². The Balaban J connectivity index is 1.64. The molecule has 0 aliphatic carbocycles. The average Bonchev–Trinajstić information content (AvgIpc) is 3.30. The van der Waals surface area contributed by atoms with Gasteiger partial charge in [-0.05, 0) is 30.2 Å². The van der Waals surface area contributed by atoms with Crippen LogP contribution in [0.25, 0.3) is 11.4 Å². The molecule has 3 aromatic rings. The van der Waals surface area contributed by atoms with Crippen molar-refractivity contribution in [3.63, 3.8) is 0 Å². The molecule has 27 heavy (non-hydrogen) atoms. The highest BCUT2D eigenvalue weighted by Crippen LogP contribution is 2.25. The summed E-state index contributed by atoms with van der Waals surface area (Å²) in [4.78, 5) is 8.46. The van der Waals surface area contributed by atoms with Gasteiger partial charge in [0.2, 0.25) is 11.7 Å². The molecule has 3 aromatic heterocycles. The summed E-state index contributed by atoms with van der Waals surface area (Å²) in [5, 5.41) is 7.38. The number of rotatable bonds is 9. The van der Waals surface area contributed by atoms with Crippen molar-refractivity contribution in [3.05, 3.63) is 54.1 Å². The smallest absolute Gasteiger partial charge is 0.284 e. The number of aromatic nitrogens is 3. The Morgan fingerprint density at radius 2 is 1.85 bits per heavy atom. The minimum atomic E-state index is -2.41. The fourth-order valence-corrected chi connectivity index (χ4v) is 2.98. The van der Waals surface area contributed by atoms with Crippen LogP contribution in [0.4, 0.5) is 8.78 Å². The van der Waals surface area contributed by atoms with Crippen LogP contribution in [0.3, 0.4) is 0 Å². The van der Waals surface area contributed by atoms with Gasteiger partial charge in [-0.2, -0.15) is 13.8 Å². The van der Waals surface area contributed by atoms with Crippen molar-refractivity contribution in [1.82, 2.24) is 20.4 Å². The van der Waals surface area contributed by atoms with E-state index >= 15 is 0 Å². The third-order valence-electron chi connectivity index (χ3n) is 3.88. The molecule has 0 bridgehead atoms. The van der Waals surface area contributed by atoms with Gasteiger partial charge in [-0.25, -0.2) is 0 Å². The van der Waals surface area contributed by atoms with E-state index in [2.05, 4.69) is 20.4 Å². The van der Waals surface area contributed by atoms with Gasteiger partial charge < -0.3 is 8.94 Å². The highest BCUT2D eigenvalue weighted by Gasteiger charge is 2.23. The Labute approximate surface area is 159 Å². The summed E-state index contributed by atoms with van der Waals surface area (Å²) < 4.78 is 35.6. The number of halogens is 2. The molecule has 1 unspecified atom stereocenters. The third kappa shape index (κ3) is 5.36. The Kier molecular flexibility index (Phi) is 6.57. The number of furan rings is 1. The highest BCUT2D eigenvalue weighted by molar-refractivity contribution is 7.98. The van der Waals surface area contributed by atoms with Crippen LogP contribution < -0.4 is 5.32 Å². The molecule has 3 rings (SSSR count). The number of hydrogen-bond donors (Lipinski definition) is 1. The van der Waals surface area contributed by atoms with Crippen LogP contribution in [0.5, 0.6) is 0 Å².